The Morgan fingerprint density at radius 2 is 1.72 bits per heavy atom. The van der Waals surface area contributed by atoms with Crippen LogP contribution in [0.15, 0.2) is 30.3 Å². The highest BCUT2D eigenvalue weighted by Crippen LogP contribution is 2.42. The van der Waals surface area contributed by atoms with Crippen molar-refractivity contribution in [1.29, 1.82) is 0 Å². The summed E-state index contributed by atoms with van der Waals surface area (Å²) in [5.74, 6) is -3.75. The number of hydrogen-bond donors (Lipinski definition) is 2. The fourth-order valence-electron chi connectivity index (χ4n) is 9.79. The van der Waals surface area contributed by atoms with Gasteiger partial charge in [-0.3, -0.25) is 14.4 Å². The number of likely N-dealkylation sites (N-methyl/N-ethyl adjacent to an activating group) is 1. The lowest BCUT2D eigenvalue weighted by Gasteiger charge is -2.49. The van der Waals surface area contributed by atoms with E-state index in [0.717, 1.165) is 12.8 Å². The number of Topliss-reactive ketones (excluding diaryl/α,β-unsaturated/α-hetero) is 1. The topological polar surface area (TPSA) is 160 Å². The number of hydrogen-bond acceptors (Lipinski definition) is 13. The number of benzene rings is 1. The van der Waals surface area contributed by atoms with Crippen LogP contribution in [0.1, 0.15) is 93.6 Å². The lowest BCUT2D eigenvalue weighted by molar-refractivity contribution is -0.304. The van der Waals surface area contributed by atoms with Gasteiger partial charge in [0.1, 0.15) is 11.9 Å². The van der Waals surface area contributed by atoms with Gasteiger partial charge in [0.25, 0.3) is 0 Å². The first-order valence-electron chi connectivity index (χ1n) is 21.3. The van der Waals surface area contributed by atoms with Crippen LogP contribution >= 0.6 is 0 Å². The number of fused-ring (bicyclic) bond motifs is 4. The molecule has 4 aliphatic rings. The Morgan fingerprint density at radius 3 is 2.38 bits per heavy atom. The van der Waals surface area contributed by atoms with Gasteiger partial charge in [0.15, 0.2) is 18.0 Å². The van der Waals surface area contributed by atoms with E-state index in [0.29, 0.717) is 19.4 Å². The highest BCUT2D eigenvalue weighted by Gasteiger charge is 2.58. The number of alkyl carbamates (subject to hydrolysis) is 1. The molecule has 1 amide bonds. The summed E-state index contributed by atoms with van der Waals surface area (Å²) >= 11 is 0. The summed E-state index contributed by atoms with van der Waals surface area (Å²) in [6, 6.07) is 9.07. The number of amides is 1. The van der Waals surface area contributed by atoms with Crippen LogP contribution < -0.4 is 10.6 Å². The standard InChI is InChI=1S/C44H69N3O11/c1-12-34-44(9)38(46-42(51)58-44)27(4)35(49)25(2)22-43(8)39(57-41-37(55-30(7)48)33(47(10)11)21-26(3)54-41)28(5)36(29(6)40(50)56-34)52-23-32(24-53-43)45-20-16-19-31-17-14-13-15-18-31/h13-15,17-18,25-29,32-34,36-39,41,45H,12,16,19-24H2,1-11H3,(H,46,51)/t25-,26-,27+,28+,29-,32?,33+,34-,36+,37-,38-,39-,41+,43-,44-/m1/s1. The molecule has 0 spiro atoms. The molecule has 1 aromatic rings. The van der Waals surface area contributed by atoms with Gasteiger partial charge >= 0.3 is 18.0 Å². The van der Waals surface area contributed by atoms with Crippen molar-refractivity contribution in [2.24, 2.45) is 23.7 Å². The van der Waals surface area contributed by atoms with Crippen molar-refractivity contribution in [3.05, 3.63) is 35.9 Å². The number of esters is 2. The minimum atomic E-state index is -1.31. The molecule has 4 saturated heterocycles. The molecule has 14 heteroatoms. The molecule has 58 heavy (non-hydrogen) atoms. The summed E-state index contributed by atoms with van der Waals surface area (Å²) < 4.78 is 45.6. The van der Waals surface area contributed by atoms with Gasteiger partial charge in [-0.2, -0.15) is 0 Å². The summed E-state index contributed by atoms with van der Waals surface area (Å²) in [6.45, 7) is 17.4. The molecule has 4 heterocycles. The minimum Gasteiger partial charge on any atom is -0.458 e. The van der Waals surface area contributed by atoms with Crippen molar-refractivity contribution in [2.75, 3.05) is 33.9 Å². The average molecular weight is 816 g/mol. The number of carbonyl (C=O) groups is 4. The SMILES string of the molecule is CC[C@H]1OC(=O)[C@H](C)[C@H]2OCC(NCCCc3ccccc3)CO[C@](C)(C[C@@H](C)C(=O)[C@H](C)[C@H]3NC(=O)O[C@@]31C)[C@H](O[C@@H]1O[C@H](C)C[C@H](N(C)C)[C@H]1OC(C)=O)[C@H]2C. The highest BCUT2D eigenvalue weighted by molar-refractivity contribution is 5.85. The maximum absolute atomic E-state index is 14.6. The van der Waals surface area contributed by atoms with Gasteiger partial charge in [-0.1, -0.05) is 58.0 Å². The number of cyclic esters (lactones) is 1. The number of rotatable bonds is 10. The third-order valence-corrected chi connectivity index (χ3v) is 12.9. The minimum absolute atomic E-state index is 0.110. The zero-order chi connectivity index (χ0) is 42.5. The summed E-state index contributed by atoms with van der Waals surface area (Å²) in [5.41, 5.74) is -1.22. The summed E-state index contributed by atoms with van der Waals surface area (Å²) in [7, 11) is 3.86. The van der Waals surface area contributed by atoms with E-state index in [9.17, 15) is 19.2 Å². The summed E-state index contributed by atoms with van der Waals surface area (Å²) in [5, 5.41) is 6.51. The van der Waals surface area contributed by atoms with Crippen LogP contribution in [0.5, 0.6) is 0 Å². The molecule has 4 fully saturated rings. The van der Waals surface area contributed by atoms with Crippen LogP contribution in [0, 0.1) is 23.7 Å². The first-order valence-corrected chi connectivity index (χ1v) is 21.3. The molecule has 5 rings (SSSR count). The fourth-order valence-corrected chi connectivity index (χ4v) is 9.79. The first kappa shape index (κ1) is 45.9. The van der Waals surface area contributed by atoms with Crippen LogP contribution in [0.2, 0.25) is 0 Å². The Kier molecular flexibility index (Phi) is 15.4. The summed E-state index contributed by atoms with van der Waals surface area (Å²) in [4.78, 5) is 56.4. The van der Waals surface area contributed by atoms with E-state index < -0.39 is 89.7 Å². The van der Waals surface area contributed by atoms with E-state index in [4.69, 9.17) is 33.2 Å². The van der Waals surface area contributed by atoms with E-state index in [1.807, 2.05) is 71.8 Å². The maximum Gasteiger partial charge on any atom is 0.408 e. The number of nitrogens with one attached hydrogen (secondary N) is 2. The number of ether oxygens (including phenoxy) is 7. The molecular weight excluding hydrogens is 746 g/mol. The van der Waals surface area contributed by atoms with Gasteiger partial charge in [0, 0.05) is 24.7 Å². The molecule has 4 aliphatic heterocycles. The highest BCUT2D eigenvalue weighted by atomic mass is 16.7. The normalized spacial score (nSPS) is 40.3. The Bertz CT molecular complexity index is 1560. The second-order valence-electron chi connectivity index (χ2n) is 17.8. The average Bonchev–Trinajstić information content (AvgIpc) is 3.51. The van der Waals surface area contributed by atoms with Crippen LogP contribution in [-0.4, -0.2) is 129 Å². The zero-order valence-corrected chi connectivity index (χ0v) is 36.5. The van der Waals surface area contributed by atoms with E-state index >= 15 is 0 Å². The van der Waals surface area contributed by atoms with Gasteiger partial charge < -0.3 is 48.7 Å². The van der Waals surface area contributed by atoms with Crippen LogP contribution in [0.25, 0.3) is 0 Å². The molecule has 0 saturated carbocycles. The number of carbonyl (C=O) groups excluding carboxylic acids is 4. The lowest BCUT2D eigenvalue weighted by Crippen LogP contribution is -2.61. The van der Waals surface area contributed by atoms with Crippen molar-refractivity contribution in [3.63, 3.8) is 0 Å². The molecule has 15 atom stereocenters. The van der Waals surface area contributed by atoms with E-state index in [2.05, 4.69) is 22.8 Å². The monoisotopic (exact) mass is 815 g/mol. The van der Waals surface area contributed by atoms with Gasteiger partial charge in [-0.15, -0.1) is 0 Å². The molecule has 2 N–H and O–H groups in total. The van der Waals surface area contributed by atoms with Crippen LogP contribution in [0.4, 0.5) is 4.79 Å². The number of nitrogens with zero attached hydrogens (tertiary/aromatic N) is 1. The molecular formula is C44H69N3O11. The third-order valence-electron chi connectivity index (χ3n) is 12.9. The number of ketones is 1. The molecule has 0 aromatic heterocycles. The van der Waals surface area contributed by atoms with Crippen molar-refractivity contribution in [1.82, 2.24) is 15.5 Å². The molecule has 2 bridgehead atoms. The Morgan fingerprint density at radius 1 is 1.02 bits per heavy atom. The molecule has 326 valence electrons. The first-order chi connectivity index (χ1) is 27.4. The van der Waals surface area contributed by atoms with Crippen molar-refractivity contribution in [2.45, 2.75) is 161 Å². The van der Waals surface area contributed by atoms with Crippen molar-refractivity contribution < 1.29 is 52.3 Å². The lowest BCUT2D eigenvalue weighted by atomic mass is 9.73. The second-order valence-corrected chi connectivity index (χ2v) is 17.8. The molecule has 1 aromatic carbocycles. The van der Waals surface area contributed by atoms with Crippen LogP contribution in [0.3, 0.4) is 0 Å². The molecule has 14 nitrogen and oxygen atoms in total. The van der Waals surface area contributed by atoms with Gasteiger partial charge in [0.2, 0.25) is 0 Å². The molecule has 0 radical (unpaired) electrons. The predicted molar refractivity (Wildman–Crippen MR) is 216 cm³/mol. The van der Waals surface area contributed by atoms with E-state index in [1.165, 1.54) is 12.5 Å². The zero-order valence-electron chi connectivity index (χ0n) is 36.5. The maximum atomic E-state index is 14.6. The smallest absolute Gasteiger partial charge is 0.408 e. The Balaban J connectivity index is 1.57. The van der Waals surface area contributed by atoms with Crippen molar-refractivity contribution >= 4 is 23.8 Å². The Hall–Kier alpha value is -3.14. The van der Waals surface area contributed by atoms with Gasteiger partial charge in [-0.25, -0.2) is 4.79 Å². The van der Waals surface area contributed by atoms with Crippen LogP contribution in [-0.2, 0) is 54.0 Å². The third kappa shape index (κ3) is 10.4. The van der Waals surface area contributed by atoms with E-state index in [-0.39, 0.29) is 43.6 Å². The molecule has 1 unspecified atom stereocenters. The van der Waals surface area contributed by atoms with Crippen molar-refractivity contribution in [3.8, 4) is 0 Å². The summed E-state index contributed by atoms with van der Waals surface area (Å²) in [6.07, 6.45) is -2.20. The fraction of sp³-hybridized carbons (Fsp3) is 0.773. The van der Waals surface area contributed by atoms with Gasteiger partial charge in [-0.05, 0) is 86.0 Å². The second kappa shape index (κ2) is 19.5. The number of aryl methyl sites for hydroxylation is 1. The molecule has 0 aliphatic carbocycles. The van der Waals surface area contributed by atoms with E-state index in [1.54, 1.807) is 20.8 Å². The van der Waals surface area contributed by atoms with Gasteiger partial charge in [0.05, 0.1) is 61.2 Å². The quantitative estimate of drug-likeness (QED) is 0.188. The Labute approximate surface area is 345 Å². The predicted octanol–water partition coefficient (Wildman–Crippen LogP) is 4.84. The largest absolute Gasteiger partial charge is 0.458 e.